The third kappa shape index (κ3) is 19.6. The Kier molecular flexibility index (Phi) is 19.3. The van der Waals surface area contributed by atoms with Crippen LogP contribution in [0.3, 0.4) is 0 Å². The molecule has 0 aromatic rings. The van der Waals surface area contributed by atoms with Gasteiger partial charge in [0, 0.05) is 6.42 Å². The summed E-state index contributed by atoms with van der Waals surface area (Å²) in [6.45, 7) is 4.52. The zero-order valence-corrected chi connectivity index (χ0v) is 17.1. The highest BCUT2D eigenvalue weighted by atomic mass is 16.5. The van der Waals surface area contributed by atoms with E-state index in [9.17, 15) is 9.90 Å². The number of carbonyl (C=O) groups excluding carboxylic acids is 1. The Bertz CT molecular complexity index is 278. The van der Waals surface area contributed by atoms with Gasteiger partial charge >= 0.3 is 5.97 Å². The summed E-state index contributed by atoms with van der Waals surface area (Å²) >= 11 is 0. The molecule has 0 radical (unpaired) electrons. The van der Waals surface area contributed by atoms with Crippen LogP contribution in [0.2, 0.25) is 0 Å². The molecule has 0 saturated carbocycles. The zero-order valence-electron chi connectivity index (χ0n) is 17.1. The normalized spacial score (nSPS) is 12.3. The number of ether oxygens (including phenoxy) is 1. The highest BCUT2D eigenvalue weighted by Gasteiger charge is 2.08. The molecule has 0 aromatic carbocycles. The van der Waals surface area contributed by atoms with Gasteiger partial charge in [-0.05, 0) is 12.8 Å². The van der Waals surface area contributed by atoms with E-state index in [0.717, 1.165) is 32.1 Å². The largest absolute Gasteiger partial charge is 0.463 e. The van der Waals surface area contributed by atoms with Crippen LogP contribution in [0.1, 0.15) is 123 Å². The van der Waals surface area contributed by atoms with Crippen molar-refractivity contribution in [1.29, 1.82) is 0 Å². The summed E-state index contributed by atoms with van der Waals surface area (Å²) in [6.07, 6.45) is 19.8. The lowest BCUT2D eigenvalue weighted by molar-refractivity contribution is -0.146. The number of carbonyl (C=O) groups is 1. The van der Waals surface area contributed by atoms with Gasteiger partial charge in [0.2, 0.25) is 0 Å². The maximum atomic E-state index is 11.6. The van der Waals surface area contributed by atoms with E-state index in [4.69, 9.17) is 4.74 Å². The van der Waals surface area contributed by atoms with E-state index in [1.54, 1.807) is 0 Å². The number of esters is 1. The lowest BCUT2D eigenvalue weighted by Crippen LogP contribution is -2.18. The molecule has 0 bridgehead atoms. The average Bonchev–Trinajstić information content (AvgIpc) is 2.62. The molecule has 3 heteroatoms. The molecule has 0 aromatic heterocycles. The first-order valence-electron chi connectivity index (χ1n) is 11.0. The van der Waals surface area contributed by atoms with Crippen LogP contribution in [0.5, 0.6) is 0 Å². The van der Waals surface area contributed by atoms with Crippen LogP contribution in [0.4, 0.5) is 0 Å². The van der Waals surface area contributed by atoms with Gasteiger partial charge in [0.15, 0.2) is 0 Å². The minimum atomic E-state index is -0.490. The summed E-state index contributed by atoms with van der Waals surface area (Å²) in [5.74, 6) is -0.154. The Balaban J connectivity index is 3.21. The predicted molar refractivity (Wildman–Crippen MR) is 107 cm³/mol. The third-order valence-electron chi connectivity index (χ3n) is 4.81. The summed E-state index contributed by atoms with van der Waals surface area (Å²) in [4.78, 5) is 11.6. The molecule has 0 aliphatic heterocycles. The number of unbranched alkanes of at least 4 members (excludes halogenated alkanes) is 13. The number of hydrogen-bond donors (Lipinski definition) is 1. The van der Waals surface area contributed by atoms with E-state index in [0.29, 0.717) is 6.42 Å². The summed E-state index contributed by atoms with van der Waals surface area (Å²) in [5, 5.41) is 9.64. The van der Waals surface area contributed by atoms with Crippen molar-refractivity contribution in [3.63, 3.8) is 0 Å². The second kappa shape index (κ2) is 19.8. The molecule has 0 aliphatic rings. The topological polar surface area (TPSA) is 46.5 Å². The lowest BCUT2D eigenvalue weighted by atomic mass is 10.0. The van der Waals surface area contributed by atoms with Crippen LogP contribution in [0.15, 0.2) is 0 Å². The number of hydrogen-bond acceptors (Lipinski definition) is 3. The number of aliphatic hydroxyl groups excluding tert-OH is 1. The highest BCUT2D eigenvalue weighted by molar-refractivity contribution is 5.69. The predicted octanol–water partition coefficient (Wildman–Crippen LogP) is 6.56. The number of rotatable bonds is 19. The van der Waals surface area contributed by atoms with Gasteiger partial charge in [-0.1, -0.05) is 104 Å². The molecule has 0 spiro atoms. The molecule has 0 rings (SSSR count). The van der Waals surface area contributed by atoms with Gasteiger partial charge < -0.3 is 9.84 Å². The SMILES string of the molecule is CCCCCCCCCCCCCCCC(=O)OCC(O)CCCC. The third-order valence-corrected chi connectivity index (χ3v) is 4.81. The summed E-state index contributed by atoms with van der Waals surface area (Å²) in [6, 6.07) is 0. The lowest BCUT2D eigenvalue weighted by Gasteiger charge is -2.10. The van der Waals surface area contributed by atoms with Crippen molar-refractivity contribution in [2.75, 3.05) is 6.61 Å². The first-order valence-corrected chi connectivity index (χ1v) is 11.0. The van der Waals surface area contributed by atoms with Gasteiger partial charge in [-0.3, -0.25) is 4.79 Å². The molecular formula is C22H44O3. The fraction of sp³-hybridized carbons (Fsp3) is 0.955. The van der Waals surface area contributed by atoms with Gasteiger partial charge in [-0.15, -0.1) is 0 Å². The van der Waals surface area contributed by atoms with E-state index >= 15 is 0 Å². The van der Waals surface area contributed by atoms with E-state index in [1.165, 1.54) is 70.6 Å². The van der Waals surface area contributed by atoms with E-state index in [1.807, 2.05) is 0 Å². The molecule has 0 aliphatic carbocycles. The van der Waals surface area contributed by atoms with Crippen molar-refractivity contribution in [1.82, 2.24) is 0 Å². The van der Waals surface area contributed by atoms with Crippen molar-refractivity contribution in [3.05, 3.63) is 0 Å². The van der Waals surface area contributed by atoms with Crippen LogP contribution >= 0.6 is 0 Å². The van der Waals surface area contributed by atoms with Crippen molar-refractivity contribution in [3.8, 4) is 0 Å². The summed E-state index contributed by atoms with van der Waals surface area (Å²) in [7, 11) is 0. The first kappa shape index (κ1) is 24.4. The molecule has 25 heavy (non-hydrogen) atoms. The van der Waals surface area contributed by atoms with Crippen LogP contribution in [-0.4, -0.2) is 23.8 Å². The summed E-state index contributed by atoms with van der Waals surface area (Å²) in [5.41, 5.74) is 0. The summed E-state index contributed by atoms with van der Waals surface area (Å²) < 4.78 is 5.12. The maximum Gasteiger partial charge on any atom is 0.305 e. The zero-order chi connectivity index (χ0) is 18.6. The molecular weight excluding hydrogens is 312 g/mol. The Morgan fingerprint density at radius 3 is 1.64 bits per heavy atom. The highest BCUT2D eigenvalue weighted by Crippen LogP contribution is 2.13. The van der Waals surface area contributed by atoms with Crippen molar-refractivity contribution in [2.24, 2.45) is 0 Å². The second-order valence-electron chi connectivity index (χ2n) is 7.47. The molecule has 0 saturated heterocycles. The molecule has 0 fully saturated rings. The minimum Gasteiger partial charge on any atom is -0.463 e. The van der Waals surface area contributed by atoms with Gasteiger partial charge in [0.05, 0.1) is 6.10 Å². The van der Waals surface area contributed by atoms with Crippen LogP contribution in [0.25, 0.3) is 0 Å². The van der Waals surface area contributed by atoms with Crippen LogP contribution in [-0.2, 0) is 9.53 Å². The van der Waals surface area contributed by atoms with Crippen LogP contribution in [0, 0.1) is 0 Å². The molecule has 1 unspecified atom stereocenters. The van der Waals surface area contributed by atoms with Crippen molar-refractivity contribution >= 4 is 5.97 Å². The van der Waals surface area contributed by atoms with E-state index in [2.05, 4.69) is 13.8 Å². The Labute approximate surface area is 156 Å². The number of aliphatic hydroxyl groups is 1. The van der Waals surface area contributed by atoms with E-state index < -0.39 is 6.10 Å². The maximum absolute atomic E-state index is 11.6. The fourth-order valence-corrected chi connectivity index (χ4v) is 3.07. The Morgan fingerprint density at radius 1 is 0.720 bits per heavy atom. The van der Waals surface area contributed by atoms with Gasteiger partial charge in [-0.2, -0.15) is 0 Å². The van der Waals surface area contributed by atoms with E-state index in [-0.39, 0.29) is 12.6 Å². The molecule has 3 nitrogen and oxygen atoms in total. The van der Waals surface area contributed by atoms with Gasteiger partial charge in [0.1, 0.15) is 6.61 Å². The van der Waals surface area contributed by atoms with Gasteiger partial charge in [0.25, 0.3) is 0 Å². The smallest absolute Gasteiger partial charge is 0.305 e. The minimum absolute atomic E-state index is 0.154. The molecule has 1 atom stereocenters. The average molecular weight is 357 g/mol. The fourth-order valence-electron chi connectivity index (χ4n) is 3.07. The molecule has 0 amide bonds. The molecule has 0 heterocycles. The second-order valence-corrected chi connectivity index (χ2v) is 7.47. The molecule has 150 valence electrons. The molecule has 1 N–H and O–H groups in total. The van der Waals surface area contributed by atoms with Crippen molar-refractivity contribution < 1.29 is 14.6 Å². The Morgan fingerprint density at radius 2 is 1.16 bits per heavy atom. The standard InChI is InChI=1S/C22H44O3/c1-3-5-7-8-9-10-11-12-13-14-15-16-17-19-22(24)25-20-21(23)18-6-4-2/h21,23H,3-20H2,1-2H3. The monoisotopic (exact) mass is 356 g/mol. The van der Waals surface area contributed by atoms with Gasteiger partial charge in [-0.25, -0.2) is 0 Å². The van der Waals surface area contributed by atoms with Crippen LogP contribution < -0.4 is 0 Å². The quantitative estimate of drug-likeness (QED) is 0.210. The van der Waals surface area contributed by atoms with Crippen molar-refractivity contribution in [2.45, 2.75) is 129 Å². The Hall–Kier alpha value is -0.570. The first-order chi connectivity index (χ1) is 12.2.